The first-order chi connectivity index (χ1) is 9.90. The number of methoxy groups -OCH3 is 2. The molecule has 6 nitrogen and oxygen atoms in total. The second kappa shape index (κ2) is 6.51. The van der Waals surface area contributed by atoms with Crippen LogP contribution in [-0.4, -0.2) is 46.1 Å². The first-order valence-corrected chi connectivity index (χ1v) is 8.79. The van der Waals surface area contributed by atoms with E-state index in [0.29, 0.717) is 36.1 Å². The van der Waals surface area contributed by atoms with Gasteiger partial charge in [-0.05, 0) is 40.9 Å². The van der Waals surface area contributed by atoms with Gasteiger partial charge in [-0.15, -0.1) is 0 Å². The first kappa shape index (κ1) is 16.5. The third-order valence-electron chi connectivity index (χ3n) is 3.64. The minimum atomic E-state index is -3.62. The van der Waals surface area contributed by atoms with Crippen LogP contribution in [0.3, 0.4) is 0 Å². The highest BCUT2D eigenvalue weighted by atomic mass is 79.9. The summed E-state index contributed by atoms with van der Waals surface area (Å²) in [6, 6.07) is 3.00. The maximum absolute atomic E-state index is 12.8. The molecule has 21 heavy (non-hydrogen) atoms. The fraction of sp³-hybridized carbons (Fsp3) is 0.538. The number of hydrogen-bond acceptors (Lipinski definition) is 5. The van der Waals surface area contributed by atoms with E-state index < -0.39 is 10.0 Å². The van der Waals surface area contributed by atoms with Crippen LogP contribution in [0.5, 0.6) is 5.75 Å². The van der Waals surface area contributed by atoms with Crippen molar-refractivity contribution < 1.29 is 17.9 Å². The van der Waals surface area contributed by atoms with Gasteiger partial charge < -0.3 is 15.2 Å². The molecule has 118 valence electrons. The molecule has 2 rings (SSSR count). The van der Waals surface area contributed by atoms with E-state index in [-0.39, 0.29) is 16.7 Å². The third-order valence-corrected chi connectivity index (χ3v) is 6.24. The number of benzene rings is 1. The number of hydrogen-bond donors (Lipinski definition) is 1. The van der Waals surface area contributed by atoms with Crippen molar-refractivity contribution in [3.05, 3.63) is 16.6 Å². The van der Waals surface area contributed by atoms with Crippen LogP contribution in [0.4, 0.5) is 5.69 Å². The van der Waals surface area contributed by atoms with Crippen molar-refractivity contribution in [2.24, 2.45) is 0 Å². The van der Waals surface area contributed by atoms with Gasteiger partial charge in [-0.2, -0.15) is 4.31 Å². The zero-order chi connectivity index (χ0) is 15.6. The highest BCUT2D eigenvalue weighted by Gasteiger charge is 2.32. The summed E-state index contributed by atoms with van der Waals surface area (Å²) in [6.07, 6.45) is 1.49. The minimum absolute atomic E-state index is 0.0987. The van der Waals surface area contributed by atoms with Gasteiger partial charge in [0.15, 0.2) is 0 Å². The molecule has 1 aromatic rings. The van der Waals surface area contributed by atoms with Crippen molar-refractivity contribution in [2.45, 2.75) is 23.8 Å². The Morgan fingerprint density at radius 1 is 1.29 bits per heavy atom. The molecule has 1 aromatic carbocycles. The molecule has 0 amide bonds. The molecular formula is C13H19BrN2O4S. The number of nitrogens with zero attached hydrogens (tertiary/aromatic N) is 1. The molecule has 1 saturated heterocycles. The lowest BCUT2D eigenvalue weighted by molar-refractivity contribution is 0.0604. The van der Waals surface area contributed by atoms with E-state index in [4.69, 9.17) is 15.2 Å². The molecule has 0 aliphatic carbocycles. The molecule has 0 bridgehead atoms. The summed E-state index contributed by atoms with van der Waals surface area (Å²) in [5, 5.41) is 0. The Morgan fingerprint density at radius 2 is 1.90 bits per heavy atom. The Labute approximate surface area is 133 Å². The Morgan fingerprint density at radius 3 is 2.43 bits per heavy atom. The smallest absolute Gasteiger partial charge is 0.246 e. The van der Waals surface area contributed by atoms with Gasteiger partial charge in [-0.25, -0.2) is 8.42 Å². The van der Waals surface area contributed by atoms with Gasteiger partial charge in [0.25, 0.3) is 0 Å². The van der Waals surface area contributed by atoms with Gasteiger partial charge in [-0.3, -0.25) is 0 Å². The highest BCUT2D eigenvalue weighted by Crippen LogP contribution is 2.34. The lowest BCUT2D eigenvalue weighted by atomic mass is 10.1. The number of nitrogen functional groups attached to an aromatic ring is 1. The molecule has 1 aliphatic rings. The van der Waals surface area contributed by atoms with Gasteiger partial charge >= 0.3 is 0 Å². The van der Waals surface area contributed by atoms with Crippen LogP contribution in [0.25, 0.3) is 0 Å². The number of sulfonamides is 1. The van der Waals surface area contributed by atoms with Gasteiger partial charge in [0, 0.05) is 30.4 Å². The molecule has 2 N–H and O–H groups in total. The fourth-order valence-electron chi connectivity index (χ4n) is 2.36. The number of nitrogens with two attached hydrogens (primary N) is 1. The summed E-state index contributed by atoms with van der Waals surface area (Å²) in [5.74, 6) is 0.282. The Balaban J connectivity index is 2.34. The number of anilines is 1. The molecule has 0 spiro atoms. The molecule has 0 atom stereocenters. The number of ether oxygens (including phenoxy) is 2. The van der Waals surface area contributed by atoms with Crippen molar-refractivity contribution >= 4 is 31.6 Å². The summed E-state index contributed by atoms with van der Waals surface area (Å²) < 4.78 is 38.0. The van der Waals surface area contributed by atoms with Crippen LogP contribution < -0.4 is 10.5 Å². The van der Waals surface area contributed by atoms with Gasteiger partial charge in [0.05, 0.1) is 13.2 Å². The van der Waals surface area contributed by atoms with Gasteiger partial charge in [-0.1, -0.05) is 0 Å². The zero-order valence-corrected chi connectivity index (χ0v) is 14.4. The van der Waals surface area contributed by atoms with Crippen molar-refractivity contribution in [1.82, 2.24) is 4.31 Å². The quantitative estimate of drug-likeness (QED) is 0.808. The van der Waals surface area contributed by atoms with Crippen LogP contribution >= 0.6 is 15.9 Å². The minimum Gasteiger partial charge on any atom is -0.495 e. The second-order valence-electron chi connectivity index (χ2n) is 4.86. The highest BCUT2D eigenvalue weighted by molar-refractivity contribution is 9.10. The van der Waals surface area contributed by atoms with E-state index in [9.17, 15) is 8.42 Å². The summed E-state index contributed by atoms with van der Waals surface area (Å²) in [6.45, 7) is 0.861. The molecule has 0 saturated carbocycles. The maximum Gasteiger partial charge on any atom is 0.246 e. The molecule has 1 heterocycles. The molecule has 0 radical (unpaired) electrons. The third kappa shape index (κ3) is 3.33. The Hall–Kier alpha value is -0.830. The van der Waals surface area contributed by atoms with E-state index in [0.717, 1.165) is 0 Å². The monoisotopic (exact) mass is 378 g/mol. The predicted molar refractivity (Wildman–Crippen MR) is 83.9 cm³/mol. The SMILES string of the molecule is COc1cc(Br)c(N)cc1S(=O)(=O)N1CCC(OC)CC1. The van der Waals surface area contributed by atoms with Crippen LogP contribution in [0.15, 0.2) is 21.5 Å². The van der Waals surface area contributed by atoms with E-state index in [1.807, 2.05) is 0 Å². The maximum atomic E-state index is 12.8. The van der Waals surface area contributed by atoms with E-state index in [1.165, 1.54) is 17.5 Å². The predicted octanol–water partition coefficient (Wildman–Crippen LogP) is 1.84. The molecule has 1 fully saturated rings. The second-order valence-corrected chi connectivity index (χ2v) is 7.62. The van der Waals surface area contributed by atoms with Crippen molar-refractivity contribution in [2.75, 3.05) is 33.0 Å². The standard InChI is InChI=1S/C13H19BrN2O4S/c1-19-9-3-5-16(6-4-9)21(17,18)13-8-11(15)10(14)7-12(13)20-2/h7-9H,3-6,15H2,1-2H3. The fourth-order valence-corrected chi connectivity index (χ4v) is 4.32. The van der Waals surface area contributed by atoms with Crippen LogP contribution in [0.2, 0.25) is 0 Å². The molecule has 8 heteroatoms. The lowest BCUT2D eigenvalue weighted by Gasteiger charge is -2.30. The Bertz CT molecular complexity index is 613. The van der Waals surface area contributed by atoms with Gasteiger partial charge in [0.2, 0.25) is 10.0 Å². The van der Waals surface area contributed by atoms with Crippen molar-refractivity contribution in [1.29, 1.82) is 0 Å². The molecule has 0 aromatic heterocycles. The first-order valence-electron chi connectivity index (χ1n) is 6.56. The van der Waals surface area contributed by atoms with E-state index in [2.05, 4.69) is 15.9 Å². The zero-order valence-electron chi connectivity index (χ0n) is 12.0. The molecular weight excluding hydrogens is 360 g/mol. The number of piperidine rings is 1. The van der Waals surface area contributed by atoms with Crippen molar-refractivity contribution in [3.63, 3.8) is 0 Å². The Kier molecular flexibility index (Phi) is 5.13. The van der Waals surface area contributed by atoms with Gasteiger partial charge in [0.1, 0.15) is 10.6 Å². The normalized spacial score (nSPS) is 17.9. The van der Waals surface area contributed by atoms with Crippen molar-refractivity contribution in [3.8, 4) is 5.75 Å². The van der Waals surface area contributed by atoms with Crippen LogP contribution in [0, 0.1) is 0 Å². The van der Waals surface area contributed by atoms with Crippen LogP contribution in [-0.2, 0) is 14.8 Å². The summed E-state index contributed by atoms with van der Waals surface area (Å²) in [5.41, 5.74) is 6.17. The summed E-state index contributed by atoms with van der Waals surface area (Å²) >= 11 is 3.27. The largest absolute Gasteiger partial charge is 0.495 e. The topological polar surface area (TPSA) is 81.9 Å². The molecule has 0 unspecified atom stereocenters. The lowest BCUT2D eigenvalue weighted by Crippen LogP contribution is -2.40. The number of rotatable bonds is 4. The number of halogens is 1. The van der Waals surface area contributed by atoms with E-state index >= 15 is 0 Å². The van der Waals surface area contributed by atoms with Crippen LogP contribution in [0.1, 0.15) is 12.8 Å². The summed E-state index contributed by atoms with van der Waals surface area (Å²) in [4.78, 5) is 0.0987. The molecule has 1 aliphatic heterocycles. The van der Waals surface area contributed by atoms with E-state index in [1.54, 1.807) is 13.2 Å². The average Bonchev–Trinajstić information content (AvgIpc) is 2.49. The summed E-state index contributed by atoms with van der Waals surface area (Å²) in [7, 11) is -0.539. The average molecular weight is 379 g/mol.